The Morgan fingerprint density at radius 1 is 1.04 bits per heavy atom. The maximum Gasteiger partial charge on any atom is 0.387 e. The Morgan fingerprint density at radius 3 is 2.50 bits per heavy atom. The molecule has 8 heteroatoms. The number of carbonyl (C=O) groups is 1. The fraction of sp³-hybridized carbons (Fsp3) is 0.100. The van der Waals surface area contributed by atoms with E-state index >= 15 is 0 Å². The Labute approximate surface area is 159 Å². The number of hydrogen-bond acceptors (Lipinski definition) is 5. The topological polar surface area (TPSA) is 73.1 Å². The number of hydrazone groups is 1. The zero-order valence-electron chi connectivity index (χ0n) is 14.5. The quantitative estimate of drug-likeness (QED) is 0.465. The molecule has 3 aromatic rings. The molecule has 0 saturated heterocycles. The lowest BCUT2D eigenvalue weighted by molar-refractivity contribution is -0.0498. The van der Waals surface area contributed by atoms with E-state index in [0.29, 0.717) is 17.1 Å². The van der Waals surface area contributed by atoms with Crippen LogP contribution in [0.15, 0.2) is 76.2 Å². The molecule has 1 N–H and O–H groups in total. The highest BCUT2D eigenvalue weighted by atomic mass is 19.3. The Morgan fingerprint density at radius 2 is 1.79 bits per heavy atom. The van der Waals surface area contributed by atoms with Crippen molar-refractivity contribution in [1.82, 2.24) is 5.43 Å². The van der Waals surface area contributed by atoms with Crippen LogP contribution in [0.25, 0.3) is 0 Å². The van der Waals surface area contributed by atoms with E-state index in [0.717, 1.165) is 0 Å². The van der Waals surface area contributed by atoms with Gasteiger partial charge in [-0.2, -0.15) is 13.9 Å². The number of ether oxygens (including phenoxy) is 2. The highest BCUT2D eigenvalue weighted by molar-refractivity contribution is 5.92. The minimum Gasteiger partial charge on any atom is -0.486 e. The minimum absolute atomic E-state index is 0.0389. The van der Waals surface area contributed by atoms with Gasteiger partial charge in [0, 0.05) is 0 Å². The maximum atomic E-state index is 12.1. The van der Waals surface area contributed by atoms with Crippen molar-refractivity contribution >= 4 is 12.1 Å². The van der Waals surface area contributed by atoms with Crippen molar-refractivity contribution in [3.8, 4) is 11.5 Å². The van der Waals surface area contributed by atoms with Crippen LogP contribution in [0.3, 0.4) is 0 Å². The molecule has 2 aromatic carbocycles. The van der Waals surface area contributed by atoms with Crippen LogP contribution in [0.5, 0.6) is 11.5 Å². The SMILES string of the molecule is O=C(N/N=C\c1ccc(OC(F)F)cc1)c1ccc(COc2ccccc2)o1. The number of hydrogen-bond donors (Lipinski definition) is 1. The van der Waals surface area contributed by atoms with Crippen molar-refractivity contribution in [2.24, 2.45) is 5.10 Å². The molecule has 1 heterocycles. The first-order chi connectivity index (χ1) is 13.6. The largest absolute Gasteiger partial charge is 0.486 e. The zero-order valence-corrected chi connectivity index (χ0v) is 14.5. The van der Waals surface area contributed by atoms with Crippen molar-refractivity contribution in [1.29, 1.82) is 0 Å². The van der Waals surface area contributed by atoms with E-state index in [2.05, 4.69) is 15.3 Å². The molecule has 0 aliphatic heterocycles. The molecule has 0 unspecified atom stereocenters. The molecule has 0 atom stereocenters. The number of alkyl halides is 2. The summed E-state index contributed by atoms with van der Waals surface area (Å²) in [5.41, 5.74) is 2.92. The molecule has 3 rings (SSSR count). The predicted molar refractivity (Wildman–Crippen MR) is 97.6 cm³/mol. The van der Waals surface area contributed by atoms with Crippen LogP contribution in [0.1, 0.15) is 21.9 Å². The molecule has 1 amide bonds. The molecular formula is C20H16F2N2O4. The molecule has 0 aliphatic carbocycles. The molecule has 0 bridgehead atoms. The summed E-state index contributed by atoms with van der Waals surface area (Å²) in [7, 11) is 0. The van der Waals surface area contributed by atoms with Gasteiger partial charge in [0.2, 0.25) is 0 Å². The molecule has 28 heavy (non-hydrogen) atoms. The van der Waals surface area contributed by atoms with Gasteiger partial charge >= 0.3 is 12.5 Å². The van der Waals surface area contributed by atoms with Crippen LogP contribution >= 0.6 is 0 Å². The van der Waals surface area contributed by atoms with Crippen molar-refractivity contribution in [3.63, 3.8) is 0 Å². The highest BCUT2D eigenvalue weighted by Gasteiger charge is 2.11. The minimum atomic E-state index is -2.88. The first-order valence-electron chi connectivity index (χ1n) is 8.25. The summed E-state index contributed by atoms with van der Waals surface area (Å²) in [6, 6.07) is 18.2. The molecule has 1 aromatic heterocycles. The predicted octanol–water partition coefficient (Wildman–Crippen LogP) is 4.22. The van der Waals surface area contributed by atoms with Crippen LogP contribution < -0.4 is 14.9 Å². The van der Waals surface area contributed by atoms with Crippen molar-refractivity contribution in [2.75, 3.05) is 0 Å². The van der Waals surface area contributed by atoms with Gasteiger partial charge in [0.1, 0.15) is 23.9 Å². The average molecular weight is 386 g/mol. The van der Waals surface area contributed by atoms with E-state index in [-0.39, 0.29) is 18.1 Å². The van der Waals surface area contributed by atoms with Gasteiger partial charge in [-0.25, -0.2) is 5.43 Å². The summed E-state index contributed by atoms with van der Waals surface area (Å²) < 4.78 is 39.4. The van der Waals surface area contributed by atoms with Crippen LogP contribution in [0, 0.1) is 0 Å². The molecule has 144 valence electrons. The van der Waals surface area contributed by atoms with Crippen molar-refractivity contribution in [3.05, 3.63) is 83.8 Å². The van der Waals surface area contributed by atoms with E-state index in [4.69, 9.17) is 9.15 Å². The Kier molecular flexibility index (Phi) is 6.35. The van der Waals surface area contributed by atoms with E-state index in [9.17, 15) is 13.6 Å². The number of rotatable bonds is 8. The summed E-state index contributed by atoms with van der Waals surface area (Å²) in [5.74, 6) is 0.786. The number of para-hydroxylation sites is 1. The number of carbonyl (C=O) groups excluding carboxylic acids is 1. The summed E-state index contributed by atoms with van der Waals surface area (Å²) in [6.45, 7) is -2.69. The fourth-order valence-electron chi connectivity index (χ4n) is 2.20. The van der Waals surface area contributed by atoms with E-state index in [1.54, 1.807) is 6.07 Å². The summed E-state index contributed by atoms with van der Waals surface area (Å²) in [6.07, 6.45) is 1.37. The highest BCUT2D eigenvalue weighted by Crippen LogP contribution is 2.15. The third-order valence-electron chi connectivity index (χ3n) is 3.49. The first kappa shape index (κ1) is 19.1. The second-order valence-electron chi connectivity index (χ2n) is 5.51. The molecule has 6 nitrogen and oxygen atoms in total. The number of amides is 1. The van der Waals surface area contributed by atoms with Gasteiger partial charge in [-0.05, 0) is 54.1 Å². The number of furan rings is 1. The second kappa shape index (κ2) is 9.31. The Bertz CT molecular complexity index is 925. The van der Waals surface area contributed by atoms with Gasteiger partial charge in [-0.3, -0.25) is 4.79 Å². The van der Waals surface area contributed by atoms with Crippen molar-refractivity contribution < 1.29 is 27.5 Å². The first-order valence-corrected chi connectivity index (χ1v) is 8.25. The number of nitrogens with zero attached hydrogens (tertiary/aromatic N) is 1. The number of benzene rings is 2. The van der Waals surface area contributed by atoms with Gasteiger partial charge in [-0.1, -0.05) is 18.2 Å². The monoisotopic (exact) mass is 386 g/mol. The fourth-order valence-corrected chi connectivity index (χ4v) is 2.20. The van der Waals surface area contributed by atoms with E-state index in [1.165, 1.54) is 36.5 Å². The lowest BCUT2D eigenvalue weighted by Gasteiger charge is -2.03. The molecule has 0 fully saturated rings. The summed E-state index contributed by atoms with van der Waals surface area (Å²) in [5, 5.41) is 3.81. The van der Waals surface area contributed by atoms with Crippen LogP contribution in [-0.4, -0.2) is 18.7 Å². The average Bonchev–Trinajstić information content (AvgIpc) is 3.17. The molecule has 0 radical (unpaired) electrons. The smallest absolute Gasteiger partial charge is 0.387 e. The lowest BCUT2D eigenvalue weighted by atomic mass is 10.2. The van der Waals surface area contributed by atoms with E-state index < -0.39 is 12.5 Å². The van der Waals surface area contributed by atoms with Crippen LogP contribution in [-0.2, 0) is 6.61 Å². The van der Waals surface area contributed by atoms with Gasteiger partial charge < -0.3 is 13.9 Å². The maximum absolute atomic E-state index is 12.1. The molecule has 0 aliphatic rings. The van der Waals surface area contributed by atoms with Gasteiger partial charge in [-0.15, -0.1) is 0 Å². The standard InChI is InChI=1S/C20H16F2N2O4/c21-20(22)28-16-8-6-14(7-9-16)12-23-24-19(25)18-11-10-17(27-18)13-26-15-4-2-1-3-5-15/h1-12,20H,13H2,(H,24,25)/b23-12-. The third kappa shape index (κ3) is 5.66. The summed E-state index contributed by atoms with van der Waals surface area (Å²) >= 11 is 0. The normalized spacial score (nSPS) is 11.0. The summed E-state index contributed by atoms with van der Waals surface area (Å²) in [4.78, 5) is 12.0. The van der Waals surface area contributed by atoms with Crippen LogP contribution in [0.2, 0.25) is 0 Å². The zero-order chi connectivity index (χ0) is 19.8. The molecule has 0 spiro atoms. The molecular weight excluding hydrogens is 370 g/mol. The van der Waals surface area contributed by atoms with Gasteiger partial charge in [0.05, 0.1) is 6.21 Å². The lowest BCUT2D eigenvalue weighted by Crippen LogP contribution is -2.16. The van der Waals surface area contributed by atoms with Crippen LogP contribution in [0.4, 0.5) is 8.78 Å². The van der Waals surface area contributed by atoms with Crippen molar-refractivity contribution in [2.45, 2.75) is 13.2 Å². The third-order valence-corrected chi connectivity index (χ3v) is 3.49. The number of halogens is 2. The second-order valence-corrected chi connectivity index (χ2v) is 5.51. The van der Waals surface area contributed by atoms with E-state index in [1.807, 2.05) is 30.3 Å². The number of nitrogens with one attached hydrogen (secondary N) is 1. The molecule has 0 saturated carbocycles. The van der Waals surface area contributed by atoms with Gasteiger partial charge in [0.15, 0.2) is 5.76 Å². The Balaban J connectivity index is 1.49. The van der Waals surface area contributed by atoms with Gasteiger partial charge in [0.25, 0.3) is 0 Å². The Hall–Kier alpha value is -3.68.